The number of rotatable bonds is 5. The molecule has 1 heterocycles. The Morgan fingerprint density at radius 3 is 2.65 bits per heavy atom. The van der Waals surface area contributed by atoms with E-state index in [1.807, 2.05) is 6.07 Å². The molecule has 1 amide bonds. The Bertz CT molecular complexity index is 426. The SMILES string of the molecule is CCC(C)Nc1ccc(C(=O)NC2CCCCC2)nn1. The third-order valence-electron chi connectivity index (χ3n) is 3.84. The lowest BCUT2D eigenvalue weighted by Gasteiger charge is -2.22. The van der Waals surface area contributed by atoms with Gasteiger partial charge in [-0.15, -0.1) is 10.2 Å². The Morgan fingerprint density at radius 2 is 2.05 bits per heavy atom. The number of aromatic nitrogens is 2. The van der Waals surface area contributed by atoms with Gasteiger partial charge in [-0.2, -0.15) is 0 Å². The minimum Gasteiger partial charge on any atom is -0.366 e. The summed E-state index contributed by atoms with van der Waals surface area (Å²) < 4.78 is 0. The Morgan fingerprint density at radius 1 is 1.30 bits per heavy atom. The summed E-state index contributed by atoms with van der Waals surface area (Å²) in [4.78, 5) is 12.1. The summed E-state index contributed by atoms with van der Waals surface area (Å²) in [5, 5.41) is 14.3. The molecule has 1 aliphatic carbocycles. The lowest BCUT2D eigenvalue weighted by Crippen LogP contribution is -2.36. The van der Waals surface area contributed by atoms with Gasteiger partial charge in [0.1, 0.15) is 5.82 Å². The molecule has 2 N–H and O–H groups in total. The first kappa shape index (κ1) is 14.8. The zero-order valence-corrected chi connectivity index (χ0v) is 12.4. The van der Waals surface area contributed by atoms with Crippen LogP contribution in [0.4, 0.5) is 5.82 Å². The number of hydrogen-bond donors (Lipinski definition) is 2. The first-order valence-electron chi connectivity index (χ1n) is 7.60. The van der Waals surface area contributed by atoms with Crippen LogP contribution in [0, 0.1) is 0 Å². The van der Waals surface area contributed by atoms with Crippen LogP contribution in [-0.2, 0) is 0 Å². The second-order valence-electron chi connectivity index (χ2n) is 5.57. The summed E-state index contributed by atoms with van der Waals surface area (Å²) in [5.74, 6) is 0.605. The van der Waals surface area contributed by atoms with Crippen LogP contribution < -0.4 is 10.6 Å². The van der Waals surface area contributed by atoms with Crippen molar-refractivity contribution in [3.8, 4) is 0 Å². The number of nitrogens with zero attached hydrogens (tertiary/aromatic N) is 2. The summed E-state index contributed by atoms with van der Waals surface area (Å²) in [7, 11) is 0. The van der Waals surface area contributed by atoms with E-state index >= 15 is 0 Å². The Balaban J connectivity index is 1.89. The van der Waals surface area contributed by atoms with E-state index in [9.17, 15) is 4.79 Å². The van der Waals surface area contributed by atoms with Gasteiger partial charge >= 0.3 is 0 Å². The Kier molecular flexibility index (Phi) is 5.32. The Labute approximate surface area is 120 Å². The van der Waals surface area contributed by atoms with Crippen LogP contribution in [-0.4, -0.2) is 28.2 Å². The van der Waals surface area contributed by atoms with E-state index in [2.05, 4.69) is 34.7 Å². The molecule has 1 unspecified atom stereocenters. The predicted molar refractivity (Wildman–Crippen MR) is 79.7 cm³/mol. The topological polar surface area (TPSA) is 66.9 Å². The summed E-state index contributed by atoms with van der Waals surface area (Å²) in [5.41, 5.74) is 0.394. The van der Waals surface area contributed by atoms with Gasteiger partial charge in [-0.25, -0.2) is 0 Å². The van der Waals surface area contributed by atoms with Crippen LogP contribution in [0.25, 0.3) is 0 Å². The van der Waals surface area contributed by atoms with Gasteiger partial charge in [0, 0.05) is 12.1 Å². The zero-order valence-electron chi connectivity index (χ0n) is 12.4. The smallest absolute Gasteiger partial charge is 0.272 e. The van der Waals surface area contributed by atoms with Crippen LogP contribution in [0.1, 0.15) is 62.9 Å². The molecule has 5 heteroatoms. The molecule has 2 rings (SSSR count). The number of anilines is 1. The minimum atomic E-state index is -0.112. The third kappa shape index (κ3) is 4.18. The molecule has 1 aromatic rings. The maximum absolute atomic E-state index is 12.1. The normalized spacial score (nSPS) is 17.5. The van der Waals surface area contributed by atoms with Crippen LogP contribution in [0.5, 0.6) is 0 Å². The van der Waals surface area contributed by atoms with Crippen LogP contribution >= 0.6 is 0 Å². The molecule has 20 heavy (non-hydrogen) atoms. The molecule has 1 fully saturated rings. The standard InChI is InChI=1S/C15H24N4O/c1-3-11(2)16-14-10-9-13(18-19-14)15(20)17-12-7-5-4-6-8-12/h9-12H,3-8H2,1-2H3,(H,16,19)(H,17,20). The van der Waals surface area contributed by atoms with Crippen molar-refractivity contribution in [1.82, 2.24) is 15.5 Å². The maximum Gasteiger partial charge on any atom is 0.272 e. The number of amides is 1. The van der Waals surface area contributed by atoms with Crippen molar-refractivity contribution >= 4 is 11.7 Å². The molecule has 0 aromatic carbocycles. The number of carbonyl (C=O) groups excluding carboxylic acids is 1. The first-order valence-corrected chi connectivity index (χ1v) is 7.60. The molecule has 0 aliphatic heterocycles. The van der Waals surface area contributed by atoms with E-state index in [0.717, 1.165) is 19.3 Å². The van der Waals surface area contributed by atoms with Crippen molar-refractivity contribution in [3.05, 3.63) is 17.8 Å². The Hall–Kier alpha value is -1.65. The van der Waals surface area contributed by atoms with Crippen molar-refractivity contribution < 1.29 is 4.79 Å². The van der Waals surface area contributed by atoms with Crippen molar-refractivity contribution in [2.75, 3.05) is 5.32 Å². The van der Waals surface area contributed by atoms with Gasteiger partial charge in [-0.1, -0.05) is 26.2 Å². The van der Waals surface area contributed by atoms with Crippen molar-refractivity contribution in [1.29, 1.82) is 0 Å². The lowest BCUT2D eigenvalue weighted by molar-refractivity contribution is 0.0921. The molecular formula is C15H24N4O. The van der Waals surface area contributed by atoms with E-state index in [-0.39, 0.29) is 5.91 Å². The highest BCUT2D eigenvalue weighted by Gasteiger charge is 2.17. The van der Waals surface area contributed by atoms with E-state index < -0.39 is 0 Å². The quantitative estimate of drug-likeness (QED) is 0.867. The highest BCUT2D eigenvalue weighted by molar-refractivity contribution is 5.92. The fourth-order valence-electron chi connectivity index (χ4n) is 2.39. The van der Waals surface area contributed by atoms with E-state index in [1.165, 1.54) is 19.3 Å². The fourth-order valence-corrected chi connectivity index (χ4v) is 2.39. The molecule has 1 aliphatic rings. The van der Waals surface area contributed by atoms with Crippen molar-refractivity contribution in [3.63, 3.8) is 0 Å². The second-order valence-corrected chi connectivity index (χ2v) is 5.57. The molecule has 0 radical (unpaired) electrons. The molecule has 1 saturated carbocycles. The molecule has 0 bridgehead atoms. The minimum absolute atomic E-state index is 0.112. The predicted octanol–water partition coefficient (Wildman–Crippen LogP) is 2.75. The highest BCUT2D eigenvalue weighted by Crippen LogP contribution is 2.17. The molecule has 5 nitrogen and oxygen atoms in total. The van der Waals surface area contributed by atoms with Crippen molar-refractivity contribution in [2.24, 2.45) is 0 Å². The largest absolute Gasteiger partial charge is 0.366 e. The fraction of sp³-hybridized carbons (Fsp3) is 0.667. The number of nitrogens with one attached hydrogen (secondary N) is 2. The van der Waals surface area contributed by atoms with E-state index in [4.69, 9.17) is 0 Å². The summed E-state index contributed by atoms with van der Waals surface area (Å²) in [6.45, 7) is 4.20. The zero-order chi connectivity index (χ0) is 14.4. The summed E-state index contributed by atoms with van der Waals surface area (Å²) >= 11 is 0. The van der Waals surface area contributed by atoms with Crippen LogP contribution in [0.2, 0.25) is 0 Å². The summed E-state index contributed by atoms with van der Waals surface area (Å²) in [6.07, 6.45) is 6.86. The van der Waals surface area contributed by atoms with E-state index in [0.29, 0.717) is 23.6 Å². The van der Waals surface area contributed by atoms with Gasteiger partial charge in [0.25, 0.3) is 5.91 Å². The number of carbonyl (C=O) groups is 1. The van der Waals surface area contributed by atoms with Crippen molar-refractivity contribution in [2.45, 2.75) is 64.5 Å². The average Bonchev–Trinajstić information content (AvgIpc) is 2.49. The molecule has 0 spiro atoms. The molecule has 1 atom stereocenters. The van der Waals surface area contributed by atoms with Gasteiger partial charge in [0.05, 0.1) is 0 Å². The monoisotopic (exact) mass is 276 g/mol. The van der Waals surface area contributed by atoms with Gasteiger partial charge < -0.3 is 10.6 Å². The molecule has 110 valence electrons. The average molecular weight is 276 g/mol. The maximum atomic E-state index is 12.1. The van der Waals surface area contributed by atoms with Gasteiger partial charge in [0.2, 0.25) is 0 Å². The van der Waals surface area contributed by atoms with Crippen LogP contribution in [0.15, 0.2) is 12.1 Å². The summed E-state index contributed by atoms with van der Waals surface area (Å²) in [6, 6.07) is 4.20. The lowest BCUT2D eigenvalue weighted by atomic mass is 9.95. The van der Waals surface area contributed by atoms with Crippen LogP contribution in [0.3, 0.4) is 0 Å². The molecule has 0 saturated heterocycles. The highest BCUT2D eigenvalue weighted by atomic mass is 16.2. The third-order valence-corrected chi connectivity index (χ3v) is 3.84. The van der Waals surface area contributed by atoms with Gasteiger partial charge in [0.15, 0.2) is 5.69 Å². The van der Waals surface area contributed by atoms with Gasteiger partial charge in [-0.05, 0) is 38.3 Å². The first-order chi connectivity index (χ1) is 9.69. The molecular weight excluding hydrogens is 252 g/mol. The van der Waals surface area contributed by atoms with Gasteiger partial charge in [-0.3, -0.25) is 4.79 Å². The second kappa shape index (κ2) is 7.22. The molecule has 1 aromatic heterocycles. The number of hydrogen-bond acceptors (Lipinski definition) is 4. The van der Waals surface area contributed by atoms with E-state index in [1.54, 1.807) is 6.07 Å².